The number of furan rings is 1. The first kappa shape index (κ1) is 17.5. The quantitative estimate of drug-likeness (QED) is 0.772. The number of rotatable bonds is 6. The number of nitrogens with one attached hydrogen (secondary N) is 2. The third kappa shape index (κ3) is 4.41. The minimum Gasteiger partial charge on any atom is -0.469 e. The average Bonchev–Trinajstić information content (AvgIpc) is 3.12. The number of morpholine rings is 1. The van der Waals surface area contributed by atoms with Crippen LogP contribution < -0.4 is 10.6 Å². The Kier molecular flexibility index (Phi) is 5.73. The van der Waals surface area contributed by atoms with Gasteiger partial charge in [0.15, 0.2) is 6.10 Å². The third-order valence-electron chi connectivity index (χ3n) is 3.99. The second-order valence-corrected chi connectivity index (χ2v) is 6.18. The molecule has 7 heteroatoms. The van der Waals surface area contributed by atoms with E-state index in [0.29, 0.717) is 17.1 Å². The van der Waals surface area contributed by atoms with Gasteiger partial charge in [-0.25, -0.2) is 0 Å². The molecule has 0 saturated carbocycles. The van der Waals surface area contributed by atoms with Crippen molar-refractivity contribution in [3.8, 4) is 0 Å². The van der Waals surface area contributed by atoms with Crippen molar-refractivity contribution in [2.75, 3.05) is 13.2 Å². The van der Waals surface area contributed by atoms with Crippen LogP contribution in [0.3, 0.4) is 0 Å². The molecule has 1 saturated heterocycles. The number of hydrogen-bond donors (Lipinski definition) is 2. The fraction of sp³-hybridized carbons (Fsp3) is 0.333. The standard InChI is InChI=1S/C18H19ClN2O4/c19-14-8-2-1-7-13(14)16-17(25-11-15(22)21-16)18(23)20-9-3-5-12-6-4-10-24-12/h1-2,4,6-8,10,16-17H,3,5,9,11H2,(H,20,23)(H,21,22)/t16-,17+/m1/s1. The van der Waals surface area contributed by atoms with E-state index in [1.807, 2.05) is 12.1 Å². The van der Waals surface area contributed by atoms with E-state index in [0.717, 1.165) is 18.6 Å². The summed E-state index contributed by atoms with van der Waals surface area (Å²) in [5, 5.41) is 6.12. The van der Waals surface area contributed by atoms with Gasteiger partial charge in [0.05, 0.1) is 12.3 Å². The van der Waals surface area contributed by atoms with E-state index in [1.165, 1.54) is 0 Å². The summed E-state index contributed by atoms with van der Waals surface area (Å²) in [6.45, 7) is 0.341. The molecule has 2 aromatic rings. The summed E-state index contributed by atoms with van der Waals surface area (Å²) in [6, 6.07) is 10.2. The van der Waals surface area contributed by atoms with Crippen LogP contribution in [0.5, 0.6) is 0 Å². The average molecular weight is 363 g/mol. The number of benzene rings is 1. The Bertz CT molecular complexity index is 732. The lowest BCUT2D eigenvalue weighted by atomic mass is 9.99. The Labute approximate surface area is 150 Å². The largest absolute Gasteiger partial charge is 0.469 e. The van der Waals surface area contributed by atoms with Gasteiger partial charge < -0.3 is 19.8 Å². The Morgan fingerprint density at radius 3 is 2.88 bits per heavy atom. The van der Waals surface area contributed by atoms with Crippen LogP contribution in [-0.2, 0) is 20.7 Å². The predicted molar refractivity (Wildman–Crippen MR) is 92.1 cm³/mol. The van der Waals surface area contributed by atoms with Gasteiger partial charge in [-0.15, -0.1) is 0 Å². The van der Waals surface area contributed by atoms with Crippen LogP contribution in [0.2, 0.25) is 5.02 Å². The molecule has 1 aromatic heterocycles. The van der Waals surface area contributed by atoms with Gasteiger partial charge in [0.25, 0.3) is 5.91 Å². The number of amides is 2. The summed E-state index contributed by atoms with van der Waals surface area (Å²) < 4.78 is 10.7. The SMILES string of the molecule is O=C1CO[C@H](C(=O)NCCCc2ccco2)[C@@H](c2ccccc2Cl)N1. The number of halogens is 1. The fourth-order valence-electron chi connectivity index (χ4n) is 2.78. The van der Waals surface area contributed by atoms with E-state index < -0.39 is 12.1 Å². The predicted octanol–water partition coefficient (Wildman–Crippen LogP) is 2.24. The molecule has 1 fully saturated rings. The first-order valence-electron chi connectivity index (χ1n) is 8.10. The Morgan fingerprint density at radius 2 is 2.12 bits per heavy atom. The van der Waals surface area contributed by atoms with Crippen LogP contribution in [0.4, 0.5) is 0 Å². The molecule has 1 aliphatic rings. The van der Waals surface area contributed by atoms with E-state index in [1.54, 1.807) is 30.5 Å². The molecule has 2 atom stereocenters. The third-order valence-corrected chi connectivity index (χ3v) is 4.34. The highest BCUT2D eigenvalue weighted by molar-refractivity contribution is 6.31. The van der Waals surface area contributed by atoms with E-state index in [2.05, 4.69) is 10.6 Å². The number of aryl methyl sites for hydroxylation is 1. The van der Waals surface area contributed by atoms with Crippen LogP contribution in [-0.4, -0.2) is 31.1 Å². The van der Waals surface area contributed by atoms with Crippen molar-refractivity contribution in [1.29, 1.82) is 0 Å². The highest BCUT2D eigenvalue weighted by Gasteiger charge is 2.36. The molecule has 2 amide bonds. The van der Waals surface area contributed by atoms with Gasteiger partial charge in [-0.05, 0) is 30.2 Å². The monoisotopic (exact) mass is 362 g/mol. The maximum Gasteiger partial charge on any atom is 0.251 e. The lowest BCUT2D eigenvalue weighted by Gasteiger charge is -2.32. The molecule has 25 heavy (non-hydrogen) atoms. The molecule has 0 aliphatic carbocycles. The lowest BCUT2D eigenvalue weighted by Crippen LogP contribution is -2.52. The van der Waals surface area contributed by atoms with E-state index in [4.69, 9.17) is 20.8 Å². The molecule has 3 rings (SSSR count). The first-order chi connectivity index (χ1) is 12.1. The normalized spacial score (nSPS) is 20.1. The van der Waals surface area contributed by atoms with Crippen molar-refractivity contribution in [3.05, 3.63) is 59.0 Å². The molecule has 0 spiro atoms. The van der Waals surface area contributed by atoms with Crippen molar-refractivity contribution in [2.45, 2.75) is 25.0 Å². The Balaban J connectivity index is 1.60. The first-order valence-corrected chi connectivity index (χ1v) is 8.48. The van der Waals surface area contributed by atoms with Crippen LogP contribution in [0.25, 0.3) is 0 Å². The fourth-order valence-corrected chi connectivity index (χ4v) is 3.03. The summed E-state index contributed by atoms with van der Waals surface area (Å²) in [4.78, 5) is 24.2. The van der Waals surface area contributed by atoms with Crippen molar-refractivity contribution in [2.24, 2.45) is 0 Å². The molecule has 132 valence electrons. The molecule has 1 aliphatic heterocycles. The van der Waals surface area contributed by atoms with Gasteiger partial charge in [0, 0.05) is 18.0 Å². The van der Waals surface area contributed by atoms with Gasteiger partial charge in [-0.1, -0.05) is 29.8 Å². The summed E-state index contributed by atoms with van der Waals surface area (Å²) >= 11 is 6.21. The van der Waals surface area contributed by atoms with Crippen molar-refractivity contribution in [3.63, 3.8) is 0 Å². The molecule has 0 bridgehead atoms. The minimum absolute atomic E-state index is 0.147. The number of carbonyl (C=O) groups is 2. The van der Waals surface area contributed by atoms with Gasteiger partial charge in [-0.2, -0.15) is 0 Å². The second kappa shape index (κ2) is 8.18. The maximum atomic E-state index is 12.5. The number of hydrogen-bond acceptors (Lipinski definition) is 4. The highest BCUT2D eigenvalue weighted by atomic mass is 35.5. The van der Waals surface area contributed by atoms with E-state index in [9.17, 15) is 9.59 Å². The van der Waals surface area contributed by atoms with E-state index >= 15 is 0 Å². The summed E-state index contributed by atoms with van der Waals surface area (Å²) in [5.41, 5.74) is 0.660. The Hall–Kier alpha value is -2.31. The molecule has 0 unspecified atom stereocenters. The van der Waals surface area contributed by atoms with Crippen LogP contribution in [0.1, 0.15) is 23.8 Å². The summed E-state index contributed by atoms with van der Waals surface area (Å²) in [6.07, 6.45) is 2.29. The molecule has 1 aromatic carbocycles. The van der Waals surface area contributed by atoms with Crippen LogP contribution in [0, 0.1) is 0 Å². The second-order valence-electron chi connectivity index (χ2n) is 5.77. The zero-order chi connectivity index (χ0) is 17.6. The summed E-state index contributed by atoms with van der Waals surface area (Å²) in [5.74, 6) is 0.334. The Morgan fingerprint density at radius 1 is 1.28 bits per heavy atom. The summed E-state index contributed by atoms with van der Waals surface area (Å²) in [7, 11) is 0. The lowest BCUT2D eigenvalue weighted by molar-refractivity contribution is -0.148. The van der Waals surface area contributed by atoms with Crippen LogP contribution in [0.15, 0.2) is 47.1 Å². The maximum absolute atomic E-state index is 12.5. The van der Waals surface area contributed by atoms with Gasteiger partial charge >= 0.3 is 0 Å². The van der Waals surface area contributed by atoms with Crippen molar-refractivity contribution < 1.29 is 18.7 Å². The minimum atomic E-state index is -0.818. The molecule has 2 N–H and O–H groups in total. The van der Waals surface area contributed by atoms with Crippen LogP contribution >= 0.6 is 11.6 Å². The zero-order valence-electron chi connectivity index (χ0n) is 13.5. The molecular formula is C18H19ClN2O4. The zero-order valence-corrected chi connectivity index (χ0v) is 14.3. The topological polar surface area (TPSA) is 80.6 Å². The van der Waals surface area contributed by atoms with Gasteiger partial charge in [0.2, 0.25) is 5.91 Å². The van der Waals surface area contributed by atoms with E-state index in [-0.39, 0.29) is 18.4 Å². The number of ether oxygens (including phenoxy) is 1. The van der Waals surface area contributed by atoms with Gasteiger partial charge in [0.1, 0.15) is 12.4 Å². The van der Waals surface area contributed by atoms with Crippen molar-refractivity contribution >= 4 is 23.4 Å². The smallest absolute Gasteiger partial charge is 0.251 e. The molecule has 6 nitrogen and oxygen atoms in total. The number of carbonyl (C=O) groups excluding carboxylic acids is 2. The van der Waals surface area contributed by atoms with Gasteiger partial charge in [-0.3, -0.25) is 9.59 Å². The van der Waals surface area contributed by atoms with Crippen molar-refractivity contribution in [1.82, 2.24) is 10.6 Å². The highest BCUT2D eigenvalue weighted by Crippen LogP contribution is 2.28. The molecule has 2 heterocycles. The molecule has 0 radical (unpaired) electrons. The molecular weight excluding hydrogens is 344 g/mol.